The van der Waals surface area contributed by atoms with Gasteiger partial charge in [-0.25, -0.2) is 21.9 Å². The number of halogens is 1. The number of benzene rings is 2. The van der Waals surface area contributed by atoms with E-state index in [1.807, 2.05) is 24.3 Å². The molecule has 160 valence electrons. The van der Waals surface area contributed by atoms with E-state index in [0.717, 1.165) is 16.7 Å². The molecule has 2 aromatic rings. The van der Waals surface area contributed by atoms with Gasteiger partial charge in [-0.05, 0) is 41.0 Å². The van der Waals surface area contributed by atoms with Crippen molar-refractivity contribution in [2.75, 3.05) is 37.9 Å². The summed E-state index contributed by atoms with van der Waals surface area (Å²) in [6.07, 6.45) is 0. The van der Waals surface area contributed by atoms with Gasteiger partial charge >= 0.3 is 6.03 Å². The molecule has 0 atom stereocenters. The number of nitrogens with one attached hydrogen (secondary N) is 1. The highest BCUT2D eigenvalue weighted by Gasteiger charge is 2.36. The van der Waals surface area contributed by atoms with Crippen molar-refractivity contribution in [3.8, 4) is 0 Å². The number of carbonyl (C=O) groups is 1. The molecule has 2 heterocycles. The van der Waals surface area contributed by atoms with E-state index in [4.69, 9.17) is 4.74 Å². The number of hydrogen-bond donors (Lipinski definition) is 1. The number of methoxy groups -OCH3 is 1. The molecule has 0 aliphatic carbocycles. The van der Waals surface area contributed by atoms with Gasteiger partial charge in [0.15, 0.2) is 0 Å². The molecule has 7 nitrogen and oxygen atoms in total. The summed E-state index contributed by atoms with van der Waals surface area (Å²) in [4.78, 5) is 14.2. The fourth-order valence-corrected chi connectivity index (χ4v) is 5.19. The largest absolute Gasteiger partial charge is 0.384 e. The van der Waals surface area contributed by atoms with E-state index in [9.17, 15) is 17.6 Å². The fourth-order valence-electron chi connectivity index (χ4n) is 3.74. The maximum absolute atomic E-state index is 13.4. The number of nitrogens with zero attached hydrogens (tertiary/aromatic N) is 2. The summed E-state index contributed by atoms with van der Waals surface area (Å²) < 4.78 is 43.9. The number of urea groups is 1. The first-order valence-corrected chi connectivity index (χ1v) is 11.4. The first-order chi connectivity index (χ1) is 14.4. The Morgan fingerprint density at radius 1 is 1.13 bits per heavy atom. The molecule has 1 saturated heterocycles. The van der Waals surface area contributed by atoms with Gasteiger partial charge in [0, 0.05) is 44.9 Å². The van der Waals surface area contributed by atoms with Crippen molar-refractivity contribution in [2.24, 2.45) is 0 Å². The Kier molecular flexibility index (Phi) is 5.77. The summed E-state index contributed by atoms with van der Waals surface area (Å²) in [6.45, 7) is 1.94. The molecular formula is C21H24FN3O4S. The number of sulfonamides is 1. The predicted molar refractivity (Wildman–Crippen MR) is 111 cm³/mol. The van der Waals surface area contributed by atoms with Crippen molar-refractivity contribution >= 4 is 21.7 Å². The zero-order chi connectivity index (χ0) is 21.3. The van der Waals surface area contributed by atoms with E-state index >= 15 is 0 Å². The molecule has 30 heavy (non-hydrogen) atoms. The Hall–Kier alpha value is -2.49. The van der Waals surface area contributed by atoms with Crippen LogP contribution in [0.3, 0.4) is 0 Å². The second-order valence-electron chi connectivity index (χ2n) is 7.64. The molecule has 2 aromatic carbocycles. The van der Waals surface area contributed by atoms with E-state index in [0.29, 0.717) is 31.9 Å². The number of carbonyl (C=O) groups excluding carboxylic acids is 1. The standard InChI is InChI=1S/C21H24FN3O4S/c1-29-8-9-30(27,28)25-13-18(14-25)15-3-6-20(7-4-15)23-21(26)24-11-16-2-5-19(22)10-17(16)12-24/h2-7,10,18H,8-9,11-14H2,1H3,(H,23,26). The van der Waals surface area contributed by atoms with Crippen molar-refractivity contribution < 1.29 is 22.3 Å². The topological polar surface area (TPSA) is 79.0 Å². The Labute approximate surface area is 175 Å². The minimum absolute atomic E-state index is 0.00576. The van der Waals surface area contributed by atoms with Gasteiger partial charge in [0.05, 0.1) is 12.4 Å². The summed E-state index contributed by atoms with van der Waals surface area (Å²) in [6, 6.07) is 11.8. The number of amides is 2. The maximum Gasteiger partial charge on any atom is 0.322 e. The van der Waals surface area contributed by atoms with Gasteiger partial charge in [-0.2, -0.15) is 0 Å². The molecule has 0 bridgehead atoms. The van der Waals surface area contributed by atoms with Crippen LogP contribution >= 0.6 is 0 Å². The molecule has 4 rings (SSSR count). The number of anilines is 1. The minimum atomic E-state index is -3.26. The van der Waals surface area contributed by atoms with Crippen molar-refractivity contribution in [3.63, 3.8) is 0 Å². The van der Waals surface area contributed by atoms with Gasteiger partial charge in [0.1, 0.15) is 5.82 Å². The highest BCUT2D eigenvalue weighted by molar-refractivity contribution is 7.89. The van der Waals surface area contributed by atoms with Crippen molar-refractivity contribution in [1.82, 2.24) is 9.21 Å². The van der Waals surface area contributed by atoms with Crippen LogP contribution in [0.25, 0.3) is 0 Å². The molecule has 1 N–H and O–H groups in total. The molecule has 0 aromatic heterocycles. The summed E-state index contributed by atoms with van der Waals surface area (Å²) in [5.74, 6) is -0.156. The van der Waals surface area contributed by atoms with Crippen LogP contribution in [0.15, 0.2) is 42.5 Å². The van der Waals surface area contributed by atoms with E-state index in [1.54, 1.807) is 11.0 Å². The second-order valence-corrected chi connectivity index (χ2v) is 9.73. The average Bonchev–Trinajstić information content (AvgIpc) is 3.10. The van der Waals surface area contributed by atoms with Crippen LogP contribution in [-0.4, -0.2) is 56.2 Å². The van der Waals surface area contributed by atoms with Crippen molar-refractivity contribution in [3.05, 3.63) is 65.0 Å². The molecule has 2 aliphatic rings. The van der Waals surface area contributed by atoms with Gasteiger partial charge in [0.25, 0.3) is 0 Å². The molecule has 2 aliphatic heterocycles. The molecule has 0 unspecified atom stereocenters. The van der Waals surface area contributed by atoms with Crippen LogP contribution in [0.4, 0.5) is 14.9 Å². The quantitative estimate of drug-likeness (QED) is 0.760. The Morgan fingerprint density at radius 3 is 2.53 bits per heavy atom. The SMILES string of the molecule is COCCS(=O)(=O)N1CC(c2ccc(NC(=O)N3Cc4ccc(F)cc4C3)cc2)C1. The van der Waals surface area contributed by atoms with Gasteiger partial charge < -0.3 is 15.0 Å². The zero-order valence-electron chi connectivity index (χ0n) is 16.7. The Morgan fingerprint density at radius 2 is 1.83 bits per heavy atom. The number of ether oxygens (including phenoxy) is 1. The molecule has 0 radical (unpaired) electrons. The maximum atomic E-state index is 13.4. The lowest BCUT2D eigenvalue weighted by Gasteiger charge is -2.38. The van der Waals surface area contributed by atoms with Crippen LogP contribution < -0.4 is 5.32 Å². The minimum Gasteiger partial charge on any atom is -0.384 e. The number of fused-ring (bicyclic) bond motifs is 1. The van der Waals surface area contributed by atoms with Gasteiger partial charge in [-0.1, -0.05) is 18.2 Å². The first-order valence-electron chi connectivity index (χ1n) is 9.75. The Balaban J connectivity index is 1.30. The van der Waals surface area contributed by atoms with Crippen molar-refractivity contribution in [2.45, 2.75) is 19.0 Å². The summed E-state index contributed by atoms with van der Waals surface area (Å²) in [5.41, 5.74) is 3.48. The first kappa shape index (κ1) is 20.8. The summed E-state index contributed by atoms with van der Waals surface area (Å²) in [5, 5.41) is 2.86. The Bertz CT molecular complexity index is 1040. The van der Waals surface area contributed by atoms with Crippen LogP contribution in [0.1, 0.15) is 22.6 Å². The lowest BCUT2D eigenvalue weighted by Crippen LogP contribution is -2.49. The van der Waals surface area contributed by atoms with Crippen LogP contribution in [0, 0.1) is 5.82 Å². The second kappa shape index (κ2) is 8.33. The lowest BCUT2D eigenvalue weighted by molar-refractivity contribution is 0.210. The molecular weight excluding hydrogens is 409 g/mol. The third-order valence-corrected chi connectivity index (χ3v) is 7.37. The summed E-state index contributed by atoms with van der Waals surface area (Å²) in [7, 11) is -1.78. The predicted octanol–water partition coefficient (Wildman–Crippen LogP) is 2.75. The highest BCUT2D eigenvalue weighted by atomic mass is 32.2. The van der Waals surface area contributed by atoms with Gasteiger partial charge in [0.2, 0.25) is 10.0 Å². The molecule has 2 amide bonds. The fraction of sp³-hybridized carbons (Fsp3) is 0.381. The van der Waals surface area contributed by atoms with E-state index in [1.165, 1.54) is 23.5 Å². The summed E-state index contributed by atoms with van der Waals surface area (Å²) >= 11 is 0. The van der Waals surface area contributed by atoms with Gasteiger partial charge in [-0.3, -0.25) is 0 Å². The third kappa shape index (κ3) is 4.33. The third-order valence-electron chi connectivity index (χ3n) is 5.60. The molecule has 0 spiro atoms. The smallest absolute Gasteiger partial charge is 0.322 e. The average molecular weight is 434 g/mol. The number of hydrogen-bond acceptors (Lipinski definition) is 4. The van der Waals surface area contributed by atoms with Crippen LogP contribution in [-0.2, 0) is 27.8 Å². The van der Waals surface area contributed by atoms with E-state index in [-0.39, 0.29) is 30.1 Å². The van der Waals surface area contributed by atoms with Gasteiger partial charge in [-0.15, -0.1) is 0 Å². The molecule has 9 heteroatoms. The monoisotopic (exact) mass is 433 g/mol. The van der Waals surface area contributed by atoms with Crippen molar-refractivity contribution in [1.29, 1.82) is 0 Å². The van der Waals surface area contributed by atoms with Crippen LogP contribution in [0.2, 0.25) is 0 Å². The number of rotatable bonds is 6. The molecule has 1 fully saturated rings. The zero-order valence-corrected chi connectivity index (χ0v) is 17.5. The normalized spacial score (nSPS) is 16.9. The highest BCUT2D eigenvalue weighted by Crippen LogP contribution is 2.30. The van der Waals surface area contributed by atoms with Crippen LogP contribution in [0.5, 0.6) is 0 Å². The lowest BCUT2D eigenvalue weighted by atomic mass is 9.94. The van der Waals surface area contributed by atoms with E-state index < -0.39 is 10.0 Å². The molecule has 0 saturated carbocycles. The van der Waals surface area contributed by atoms with E-state index in [2.05, 4.69) is 5.32 Å².